The Morgan fingerprint density at radius 2 is 2.06 bits per heavy atom. The number of hydrogen-bond acceptors (Lipinski definition) is 3. The van der Waals surface area contributed by atoms with Gasteiger partial charge in [-0.3, -0.25) is 0 Å². The first kappa shape index (κ1) is 12.7. The Morgan fingerprint density at radius 1 is 1.39 bits per heavy atom. The van der Waals surface area contributed by atoms with Gasteiger partial charge < -0.3 is 10.5 Å². The van der Waals surface area contributed by atoms with E-state index in [-0.39, 0.29) is 17.9 Å². The first-order valence-electron chi connectivity index (χ1n) is 5.52. The molecule has 3 nitrogen and oxygen atoms in total. The van der Waals surface area contributed by atoms with Gasteiger partial charge in [0.15, 0.2) is 0 Å². The highest BCUT2D eigenvalue weighted by Crippen LogP contribution is 2.32. The Labute approximate surface area is 102 Å². The zero-order valence-electron chi connectivity index (χ0n) is 9.46. The number of carbonyl (C=O) groups is 1. The average molecular weight is 259 g/mol. The Balaban J connectivity index is 2.16. The van der Waals surface area contributed by atoms with Crippen LogP contribution in [0.4, 0.5) is 18.9 Å². The highest BCUT2D eigenvalue weighted by atomic mass is 19.4. The molecule has 0 radical (unpaired) electrons. The van der Waals surface area contributed by atoms with Gasteiger partial charge >= 0.3 is 12.1 Å². The maximum absolute atomic E-state index is 12.5. The second kappa shape index (κ2) is 4.51. The van der Waals surface area contributed by atoms with Crippen LogP contribution < -0.4 is 5.73 Å². The molecular weight excluding hydrogens is 247 g/mol. The van der Waals surface area contributed by atoms with Gasteiger partial charge in [0.1, 0.15) is 0 Å². The van der Waals surface area contributed by atoms with Crippen molar-refractivity contribution in [2.45, 2.75) is 19.0 Å². The highest BCUT2D eigenvalue weighted by Gasteiger charge is 2.32. The molecule has 0 saturated heterocycles. The van der Waals surface area contributed by atoms with E-state index in [1.807, 2.05) is 0 Å². The number of hydrogen-bond donors (Lipinski definition) is 1. The molecule has 0 atom stereocenters. The molecule has 0 amide bonds. The average Bonchev–Trinajstić information content (AvgIpc) is 3.08. The molecule has 2 rings (SSSR count). The van der Waals surface area contributed by atoms with E-state index in [4.69, 9.17) is 10.5 Å². The molecule has 18 heavy (non-hydrogen) atoms. The fraction of sp³-hybridized carbons (Fsp3) is 0.417. The molecule has 0 aliphatic heterocycles. The van der Waals surface area contributed by atoms with E-state index in [9.17, 15) is 18.0 Å². The van der Waals surface area contributed by atoms with Crippen molar-refractivity contribution < 1.29 is 22.7 Å². The molecule has 98 valence electrons. The molecule has 1 aromatic carbocycles. The summed E-state index contributed by atoms with van der Waals surface area (Å²) in [7, 11) is 0. The number of alkyl halides is 3. The molecule has 1 aliphatic carbocycles. The summed E-state index contributed by atoms with van der Waals surface area (Å²) >= 11 is 0. The van der Waals surface area contributed by atoms with E-state index < -0.39 is 17.7 Å². The molecule has 0 unspecified atom stereocenters. The molecule has 1 aromatic rings. The summed E-state index contributed by atoms with van der Waals surface area (Å²) in [5.74, 6) is -0.452. The summed E-state index contributed by atoms with van der Waals surface area (Å²) in [5, 5.41) is 0. The van der Waals surface area contributed by atoms with Crippen molar-refractivity contribution in [1.29, 1.82) is 0 Å². The van der Waals surface area contributed by atoms with E-state index in [1.165, 1.54) is 0 Å². The third-order valence-electron chi connectivity index (χ3n) is 2.75. The van der Waals surface area contributed by atoms with Crippen LogP contribution >= 0.6 is 0 Å². The highest BCUT2D eigenvalue weighted by molar-refractivity contribution is 5.95. The van der Waals surface area contributed by atoms with Crippen molar-refractivity contribution in [3.63, 3.8) is 0 Å². The fourth-order valence-electron chi connectivity index (χ4n) is 1.47. The second-order valence-electron chi connectivity index (χ2n) is 4.34. The topological polar surface area (TPSA) is 52.3 Å². The van der Waals surface area contributed by atoms with Gasteiger partial charge in [-0.05, 0) is 37.0 Å². The fourth-order valence-corrected chi connectivity index (χ4v) is 1.47. The van der Waals surface area contributed by atoms with Crippen LogP contribution in [0, 0.1) is 5.92 Å². The van der Waals surface area contributed by atoms with Crippen LogP contribution in [-0.4, -0.2) is 12.6 Å². The van der Waals surface area contributed by atoms with E-state index in [0.717, 1.165) is 31.0 Å². The lowest BCUT2D eigenvalue weighted by molar-refractivity contribution is -0.137. The molecular formula is C12H12F3NO2. The summed E-state index contributed by atoms with van der Waals surface area (Å²) in [6, 6.07) is 2.63. The lowest BCUT2D eigenvalue weighted by atomic mass is 10.1. The summed E-state index contributed by atoms with van der Waals surface area (Å²) in [6.45, 7) is 0.245. The van der Waals surface area contributed by atoms with Gasteiger partial charge in [-0.25, -0.2) is 4.79 Å². The van der Waals surface area contributed by atoms with E-state index in [2.05, 4.69) is 0 Å². The number of nitrogens with two attached hydrogens (primary N) is 1. The van der Waals surface area contributed by atoms with E-state index in [0.29, 0.717) is 5.92 Å². The first-order valence-corrected chi connectivity index (χ1v) is 5.52. The number of halogens is 3. The number of benzene rings is 1. The summed E-state index contributed by atoms with van der Waals surface area (Å²) in [5.41, 5.74) is 4.34. The maximum atomic E-state index is 12.5. The van der Waals surface area contributed by atoms with Gasteiger partial charge in [0.25, 0.3) is 0 Å². The standard InChI is InChI=1S/C12H12F3NO2/c13-12(14,15)8-3-4-10(16)9(5-8)11(17)18-6-7-1-2-7/h3-5,7H,1-2,6,16H2. The van der Waals surface area contributed by atoms with Gasteiger partial charge in [0, 0.05) is 5.69 Å². The van der Waals surface area contributed by atoms with Crippen LogP contribution in [0.3, 0.4) is 0 Å². The van der Waals surface area contributed by atoms with Crippen LogP contribution in [0.15, 0.2) is 18.2 Å². The summed E-state index contributed by atoms with van der Waals surface area (Å²) in [6.07, 6.45) is -2.52. The smallest absolute Gasteiger partial charge is 0.416 e. The van der Waals surface area contributed by atoms with Crippen LogP contribution in [0.25, 0.3) is 0 Å². The molecule has 0 aromatic heterocycles. The SMILES string of the molecule is Nc1ccc(C(F)(F)F)cc1C(=O)OCC1CC1. The van der Waals surface area contributed by atoms with Crippen molar-refractivity contribution in [3.8, 4) is 0 Å². The van der Waals surface area contributed by atoms with Crippen molar-refractivity contribution in [3.05, 3.63) is 29.3 Å². The predicted octanol–water partition coefficient (Wildman–Crippen LogP) is 2.85. The van der Waals surface area contributed by atoms with Crippen molar-refractivity contribution in [2.75, 3.05) is 12.3 Å². The maximum Gasteiger partial charge on any atom is 0.416 e. The molecule has 1 aliphatic rings. The van der Waals surface area contributed by atoms with Crippen molar-refractivity contribution >= 4 is 11.7 Å². The molecule has 6 heteroatoms. The zero-order chi connectivity index (χ0) is 13.3. The quantitative estimate of drug-likeness (QED) is 0.670. The largest absolute Gasteiger partial charge is 0.462 e. The summed E-state index contributed by atoms with van der Waals surface area (Å²) < 4.78 is 42.4. The van der Waals surface area contributed by atoms with E-state index in [1.54, 1.807) is 0 Å². The lowest BCUT2D eigenvalue weighted by Crippen LogP contribution is -2.13. The molecule has 0 heterocycles. The number of esters is 1. The van der Waals surface area contributed by atoms with Crippen molar-refractivity contribution in [2.24, 2.45) is 5.92 Å². The minimum absolute atomic E-state index is 0.0104. The Bertz CT molecular complexity index is 467. The number of ether oxygens (including phenoxy) is 1. The van der Waals surface area contributed by atoms with Gasteiger partial charge in [0.05, 0.1) is 17.7 Å². The number of nitrogen functional groups attached to an aromatic ring is 1. The normalized spacial score (nSPS) is 15.5. The van der Waals surface area contributed by atoms with Crippen LogP contribution in [0.5, 0.6) is 0 Å². The molecule has 1 fully saturated rings. The van der Waals surface area contributed by atoms with Gasteiger partial charge in [-0.2, -0.15) is 13.2 Å². The molecule has 0 spiro atoms. The van der Waals surface area contributed by atoms with Crippen molar-refractivity contribution in [1.82, 2.24) is 0 Å². The second-order valence-corrected chi connectivity index (χ2v) is 4.34. The molecule has 1 saturated carbocycles. The minimum Gasteiger partial charge on any atom is -0.462 e. The Hall–Kier alpha value is -1.72. The van der Waals surface area contributed by atoms with Crippen LogP contribution in [0.2, 0.25) is 0 Å². The predicted molar refractivity (Wildman–Crippen MR) is 58.9 cm³/mol. The monoisotopic (exact) mass is 259 g/mol. The van der Waals surface area contributed by atoms with Gasteiger partial charge in [-0.15, -0.1) is 0 Å². The third-order valence-corrected chi connectivity index (χ3v) is 2.75. The number of anilines is 1. The number of rotatable bonds is 3. The van der Waals surface area contributed by atoms with Crippen LogP contribution in [-0.2, 0) is 10.9 Å². The third kappa shape index (κ3) is 2.94. The number of carbonyl (C=O) groups excluding carboxylic acids is 1. The molecule has 2 N–H and O–H groups in total. The van der Waals surface area contributed by atoms with Gasteiger partial charge in [0.2, 0.25) is 0 Å². The Kier molecular flexibility index (Phi) is 3.19. The summed E-state index contributed by atoms with van der Waals surface area (Å²) in [4.78, 5) is 11.6. The zero-order valence-corrected chi connectivity index (χ0v) is 9.46. The first-order chi connectivity index (χ1) is 8.38. The minimum atomic E-state index is -4.50. The van der Waals surface area contributed by atoms with Gasteiger partial charge in [-0.1, -0.05) is 0 Å². The van der Waals surface area contributed by atoms with E-state index >= 15 is 0 Å². The van der Waals surface area contributed by atoms with Crippen LogP contribution in [0.1, 0.15) is 28.8 Å². The molecule has 0 bridgehead atoms. The Morgan fingerprint density at radius 3 is 2.61 bits per heavy atom. The lowest BCUT2D eigenvalue weighted by Gasteiger charge is -2.10.